The Labute approximate surface area is 125 Å². The van der Waals surface area contributed by atoms with Crippen molar-refractivity contribution >= 4 is 11.9 Å². The van der Waals surface area contributed by atoms with Crippen LogP contribution in [0.25, 0.3) is 0 Å². The molecule has 0 saturated heterocycles. The lowest BCUT2D eigenvalue weighted by Gasteiger charge is -2.37. The van der Waals surface area contributed by atoms with Crippen molar-refractivity contribution in [2.24, 2.45) is 0 Å². The van der Waals surface area contributed by atoms with Gasteiger partial charge in [-0.25, -0.2) is 4.79 Å². The first-order valence-corrected chi connectivity index (χ1v) is 7.50. The second-order valence-corrected chi connectivity index (χ2v) is 5.27. The molecule has 0 spiro atoms. The number of urea groups is 1. The molecule has 5 nitrogen and oxygen atoms in total. The van der Waals surface area contributed by atoms with Crippen LogP contribution in [0.2, 0.25) is 0 Å². The Balaban J connectivity index is 2.12. The molecule has 1 aliphatic rings. The number of rotatable bonds is 4. The molecule has 1 aromatic rings. The van der Waals surface area contributed by atoms with Gasteiger partial charge < -0.3 is 15.5 Å². The number of nitrogens with one attached hydrogen (secondary N) is 2. The van der Waals surface area contributed by atoms with E-state index in [9.17, 15) is 9.59 Å². The topological polar surface area (TPSA) is 61.4 Å². The van der Waals surface area contributed by atoms with Crippen LogP contribution in [-0.2, 0) is 11.2 Å². The monoisotopic (exact) mass is 289 g/mol. The van der Waals surface area contributed by atoms with Crippen molar-refractivity contribution in [2.45, 2.75) is 32.2 Å². The minimum Gasteiger partial charge on any atom is -0.341 e. The summed E-state index contributed by atoms with van der Waals surface area (Å²) in [5, 5.41) is 5.03. The Morgan fingerprint density at radius 1 is 1.33 bits per heavy atom. The summed E-state index contributed by atoms with van der Waals surface area (Å²) in [7, 11) is 1.54. The summed E-state index contributed by atoms with van der Waals surface area (Å²) in [6, 6.07) is 8.13. The van der Waals surface area contributed by atoms with Gasteiger partial charge in [-0.2, -0.15) is 0 Å². The molecular weight excluding hydrogens is 266 g/mol. The Morgan fingerprint density at radius 2 is 2.10 bits per heavy atom. The van der Waals surface area contributed by atoms with Crippen LogP contribution < -0.4 is 10.6 Å². The lowest BCUT2D eigenvalue weighted by molar-refractivity contribution is -0.133. The molecule has 1 heterocycles. The molecule has 2 N–H and O–H groups in total. The summed E-state index contributed by atoms with van der Waals surface area (Å²) < 4.78 is 0. The van der Waals surface area contributed by atoms with Crippen LogP contribution in [-0.4, -0.2) is 37.0 Å². The van der Waals surface area contributed by atoms with Gasteiger partial charge in [0.1, 0.15) is 0 Å². The van der Waals surface area contributed by atoms with Gasteiger partial charge in [0.2, 0.25) is 5.91 Å². The standard InChI is InChI=1S/C16H23N3O2/c1-3-6-14-13-8-5-4-7-12(13)9-10-19(14)15(20)11-18-16(21)17-2/h4-5,7-8,14H,3,6,9-11H2,1-2H3,(H2,17,18,21)/t14-/m1/s1. The lowest BCUT2D eigenvalue weighted by atomic mass is 9.90. The molecule has 21 heavy (non-hydrogen) atoms. The van der Waals surface area contributed by atoms with Gasteiger partial charge in [0.05, 0.1) is 12.6 Å². The Bertz CT molecular complexity index is 516. The minimum atomic E-state index is -0.326. The average molecular weight is 289 g/mol. The van der Waals surface area contributed by atoms with Crippen LogP contribution >= 0.6 is 0 Å². The highest BCUT2D eigenvalue weighted by molar-refractivity contribution is 5.84. The highest BCUT2D eigenvalue weighted by atomic mass is 16.2. The highest BCUT2D eigenvalue weighted by Gasteiger charge is 2.29. The van der Waals surface area contributed by atoms with E-state index in [0.29, 0.717) is 0 Å². The van der Waals surface area contributed by atoms with E-state index in [1.54, 1.807) is 0 Å². The zero-order valence-corrected chi connectivity index (χ0v) is 12.7. The molecule has 0 bridgehead atoms. The maximum atomic E-state index is 12.4. The smallest absolute Gasteiger partial charge is 0.314 e. The van der Waals surface area contributed by atoms with Gasteiger partial charge in [0, 0.05) is 13.6 Å². The van der Waals surface area contributed by atoms with Crippen molar-refractivity contribution < 1.29 is 9.59 Å². The molecule has 2 rings (SSSR count). The van der Waals surface area contributed by atoms with E-state index in [-0.39, 0.29) is 24.5 Å². The van der Waals surface area contributed by atoms with Crippen LogP contribution in [0, 0.1) is 0 Å². The Hall–Kier alpha value is -2.04. The van der Waals surface area contributed by atoms with Gasteiger partial charge in [0.15, 0.2) is 0 Å². The zero-order valence-electron chi connectivity index (χ0n) is 12.7. The van der Waals surface area contributed by atoms with E-state index >= 15 is 0 Å². The minimum absolute atomic E-state index is 0.0217. The second-order valence-electron chi connectivity index (χ2n) is 5.27. The fraction of sp³-hybridized carbons (Fsp3) is 0.500. The zero-order chi connectivity index (χ0) is 15.2. The van der Waals surface area contributed by atoms with Gasteiger partial charge in [-0.05, 0) is 24.0 Å². The van der Waals surface area contributed by atoms with E-state index in [0.717, 1.165) is 25.8 Å². The van der Waals surface area contributed by atoms with Crippen molar-refractivity contribution in [3.05, 3.63) is 35.4 Å². The van der Waals surface area contributed by atoms with Crippen molar-refractivity contribution in [2.75, 3.05) is 20.1 Å². The predicted octanol–water partition coefficient (Wildman–Crippen LogP) is 1.84. The summed E-state index contributed by atoms with van der Waals surface area (Å²) in [5.74, 6) is -0.0217. The van der Waals surface area contributed by atoms with Gasteiger partial charge in [-0.1, -0.05) is 37.6 Å². The average Bonchev–Trinajstić information content (AvgIpc) is 2.52. The maximum absolute atomic E-state index is 12.4. The predicted molar refractivity (Wildman–Crippen MR) is 82.0 cm³/mol. The summed E-state index contributed by atoms with van der Waals surface area (Å²) in [6.45, 7) is 2.89. The number of carbonyl (C=O) groups excluding carboxylic acids is 2. The van der Waals surface area contributed by atoms with Crippen LogP contribution in [0.1, 0.15) is 36.9 Å². The number of benzene rings is 1. The first-order chi connectivity index (χ1) is 10.2. The first kappa shape index (κ1) is 15.4. The third kappa shape index (κ3) is 3.54. The van der Waals surface area contributed by atoms with Crippen LogP contribution in [0.15, 0.2) is 24.3 Å². The molecular formula is C16H23N3O2. The van der Waals surface area contributed by atoms with Crippen LogP contribution in [0.3, 0.4) is 0 Å². The molecule has 1 aliphatic heterocycles. The molecule has 0 radical (unpaired) electrons. The Kier molecular flexibility index (Phi) is 5.20. The molecule has 0 fully saturated rings. The molecule has 0 unspecified atom stereocenters. The van der Waals surface area contributed by atoms with Gasteiger partial charge in [-0.15, -0.1) is 0 Å². The van der Waals surface area contributed by atoms with Crippen molar-refractivity contribution in [1.29, 1.82) is 0 Å². The second kappa shape index (κ2) is 7.11. The molecule has 0 aliphatic carbocycles. The maximum Gasteiger partial charge on any atom is 0.314 e. The number of carbonyl (C=O) groups is 2. The number of fused-ring (bicyclic) bond motifs is 1. The molecule has 3 amide bonds. The van der Waals surface area contributed by atoms with E-state index < -0.39 is 0 Å². The van der Waals surface area contributed by atoms with Gasteiger partial charge in [-0.3, -0.25) is 4.79 Å². The summed E-state index contributed by atoms with van der Waals surface area (Å²) in [5.41, 5.74) is 2.58. The van der Waals surface area contributed by atoms with Crippen molar-refractivity contribution in [1.82, 2.24) is 15.5 Å². The summed E-state index contributed by atoms with van der Waals surface area (Å²) in [6.07, 6.45) is 2.84. The number of hydrogen-bond acceptors (Lipinski definition) is 2. The molecule has 0 aromatic heterocycles. The number of hydrogen-bond donors (Lipinski definition) is 2. The van der Waals surface area contributed by atoms with Crippen LogP contribution in [0.4, 0.5) is 4.79 Å². The summed E-state index contributed by atoms with van der Waals surface area (Å²) in [4.78, 5) is 25.5. The molecule has 1 aromatic carbocycles. The quantitative estimate of drug-likeness (QED) is 0.888. The van der Waals surface area contributed by atoms with Gasteiger partial charge >= 0.3 is 6.03 Å². The Morgan fingerprint density at radius 3 is 2.81 bits per heavy atom. The molecule has 5 heteroatoms. The number of amides is 3. The van der Waals surface area contributed by atoms with Crippen molar-refractivity contribution in [3.63, 3.8) is 0 Å². The summed E-state index contributed by atoms with van der Waals surface area (Å²) >= 11 is 0. The van der Waals surface area contributed by atoms with Crippen molar-refractivity contribution in [3.8, 4) is 0 Å². The highest BCUT2D eigenvalue weighted by Crippen LogP contribution is 2.32. The molecule has 0 saturated carbocycles. The third-order valence-electron chi connectivity index (χ3n) is 3.92. The fourth-order valence-corrected chi connectivity index (χ4v) is 2.88. The third-order valence-corrected chi connectivity index (χ3v) is 3.92. The van der Waals surface area contributed by atoms with Gasteiger partial charge in [0.25, 0.3) is 0 Å². The first-order valence-electron chi connectivity index (χ1n) is 7.50. The number of nitrogens with zero attached hydrogens (tertiary/aromatic N) is 1. The molecule has 114 valence electrons. The largest absolute Gasteiger partial charge is 0.341 e. The molecule has 1 atom stereocenters. The van der Waals surface area contributed by atoms with E-state index in [1.807, 2.05) is 17.0 Å². The SMILES string of the molecule is CCC[C@@H]1c2ccccc2CCN1C(=O)CNC(=O)NC. The normalized spacial score (nSPS) is 17.0. The fourth-order valence-electron chi connectivity index (χ4n) is 2.88. The van der Waals surface area contributed by atoms with E-state index in [4.69, 9.17) is 0 Å². The van der Waals surface area contributed by atoms with Crippen LogP contribution in [0.5, 0.6) is 0 Å². The lowest BCUT2D eigenvalue weighted by Crippen LogP contribution is -2.46. The van der Waals surface area contributed by atoms with E-state index in [2.05, 4.69) is 29.7 Å². The van der Waals surface area contributed by atoms with E-state index in [1.165, 1.54) is 18.2 Å².